The lowest BCUT2D eigenvalue weighted by atomic mass is 9.80. The molecule has 2 aliphatic heterocycles. The molecule has 3 aromatic heterocycles. The number of carbonyl (C=O) groups is 1. The molecule has 13 nitrogen and oxygen atoms in total. The van der Waals surface area contributed by atoms with Crippen LogP contribution in [0.2, 0.25) is 0 Å². The molecule has 6 N–H and O–H groups in total. The first-order valence-electron chi connectivity index (χ1n) is 15.9. The van der Waals surface area contributed by atoms with E-state index >= 15 is 0 Å². The normalized spacial score (nSPS) is 19.7. The topological polar surface area (TPSA) is 198 Å². The maximum Gasteiger partial charge on any atom is 0.327 e. The van der Waals surface area contributed by atoms with Crippen LogP contribution in [0.25, 0.3) is 11.2 Å². The predicted molar refractivity (Wildman–Crippen MR) is 178 cm³/mol. The molecule has 2 saturated heterocycles. The molecule has 250 valence electrons. The van der Waals surface area contributed by atoms with Crippen LogP contribution in [-0.2, 0) is 18.2 Å². The molecule has 0 spiro atoms. The highest BCUT2D eigenvalue weighted by atomic mass is 32.1. The van der Waals surface area contributed by atoms with Gasteiger partial charge in [0.1, 0.15) is 17.7 Å². The number of hydrogen-bond acceptors (Lipinski definition) is 12. The number of fused-ring (bicyclic) bond motifs is 2. The van der Waals surface area contributed by atoms with Gasteiger partial charge >= 0.3 is 5.69 Å². The van der Waals surface area contributed by atoms with E-state index in [0.717, 1.165) is 69.4 Å². The number of ketones is 1. The minimum atomic E-state index is -0.405. The SMILES string of the molecule is C1CCOC1.CCC/C(C(=O)c1nc(OC[C@@H]2CCCN2C)c2c(n1)[nH]c(=O)n2C)=C(/N)C1CCCc2sc(N)c(C#N)c21.CO. The van der Waals surface area contributed by atoms with Crippen LogP contribution in [0.15, 0.2) is 16.1 Å². The van der Waals surface area contributed by atoms with Gasteiger partial charge in [-0.15, -0.1) is 11.3 Å². The quantitative estimate of drug-likeness (QED) is 0.205. The van der Waals surface area contributed by atoms with Crippen molar-refractivity contribution < 1.29 is 19.4 Å². The number of Topliss-reactive ketones (excluding diaryl/α,β-unsaturated/α-hetero) is 1. The van der Waals surface area contributed by atoms with Crippen LogP contribution >= 0.6 is 11.3 Å². The number of aromatic amines is 1. The Labute approximate surface area is 273 Å². The van der Waals surface area contributed by atoms with Gasteiger partial charge in [-0.25, -0.2) is 9.78 Å². The van der Waals surface area contributed by atoms with Crippen molar-refractivity contribution >= 4 is 33.3 Å². The number of aliphatic hydroxyl groups is 1. The minimum Gasteiger partial charge on any atom is -0.474 e. The predicted octanol–water partition coefficient (Wildman–Crippen LogP) is 3.37. The van der Waals surface area contributed by atoms with Crippen molar-refractivity contribution in [2.24, 2.45) is 12.8 Å². The average molecular weight is 655 g/mol. The fraction of sp³-hybridized carbons (Fsp3) is 0.594. The molecular formula is C32H46N8O5S. The molecule has 6 rings (SSSR count). The number of nitriles is 1. The number of aryl methyl sites for hydroxylation is 2. The highest BCUT2D eigenvalue weighted by Crippen LogP contribution is 2.45. The van der Waals surface area contributed by atoms with Crippen LogP contribution in [0.4, 0.5) is 5.00 Å². The molecule has 0 radical (unpaired) electrons. The van der Waals surface area contributed by atoms with Gasteiger partial charge in [0.15, 0.2) is 11.2 Å². The first-order valence-corrected chi connectivity index (χ1v) is 16.7. The first-order chi connectivity index (χ1) is 22.2. The summed E-state index contributed by atoms with van der Waals surface area (Å²) in [5.41, 5.74) is 15.3. The zero-order chi connectivity index (χ0) is 33.4. The maximum atomic E-state index is 14.0. The molecule has 3 aromatic rings. The molecule has 1 unspecified atom stereocenters. The van der Waals surface area contributed by atoms with Crippen molar-refractivity contribution in [3.05, 3.63) is 43.6 Å². The molecule has 0 saturated carbocycles. The van der Waals surface area contributed by atoms with E-state index in [4.69, 9.17) is 26.0 Å². The molecule has 46 heavy (non-hydrogen) atoms. The molecule has 0 bridgehead atoms. The van der Waals surface area contributed by atoms with Crippen LogP contribution in [-0.4, -0.2) is 81.9 Å². The molecule has 14 heteroatoms. The number of imidazole rings is 1. The summed E-state index contributed by atoms with van der Waals surface area (Å²) in [5, 5.41) is 17.3. The number of anilines is 1. The lowest BCUT2D eigenvalue weighted by molar-refractivity contribution is 0.101. The molecular weight excluding hydrogens is 608 g/mol. The van der Waals surface area contributed by atoms with Crippen LogP contribution < -0.4 is 21.9 Å². The largest absolute Gasteiger partial charge is 0.474 e. The Morgan fingerprint density at radius 2 is 1.93 bits per heavy atom. The number of carbonyl (C=O) groups excluding carboxylic acids is 1. The van der Waals surface area contributed by atoms with Gasteiger partial charge in [0.05, 0.1) is 5.56 Å². The summed E-state index contributed by atoms with van der Waals surface area (Å²) in [6.07, 6.45) is 8.20. The van der Waals surface area contributed by atoms with E-state index in [1.807, 2.05) is 6.92 Å². The number of aromatic nitrogens is 4. The third-order valence-corrected chi connectivity index (χ3v) is 9.83. The standard InChI is InChI=1S/C27H34N8O3S.C4H8O.CH4O/c1-4-7-16(20(29)15-9-5-10-18-19(15)17(12-28)23(30)39-18)22(36)25-31-24-21(35(3)27(37)33-24)26(32-25)38-13-14-8-6-11-34(14)2;1-2-4-5-3-1;1-2/h14-15H,4-11,13,29-30H2,1-3H3,(H,31,32,33,37);1-4H2;2H,1H3/b20-16-;;/t14-,15?;;/m0../s1. The number of H-pyrrole nitrogens is 1. The Morgan fingerprint density at radius 1 is 1.20 bits per heavy atom. The van der Waals surface area contributed by atoms with E-state index in [-0.39, 0.29) is 35.0 Å². The van der Waals surface area contributed by atoms with E-state index in [1.54, 1.807) is 7.05 Å². The minimum absolute atomic E-state index is 0.0769. The third kappa shape index (κ3) is 7.44. The van der Waals surface area contributed by atoms with E-state index in [0.29, 0.717) is 46.8 Å². The molecule has 0 amide bonds. The average Bonchev–Trinajstić information content (AvgIpc) is 3.88. The number of nitrogens with zero attached hydrogens (tertiary/aromatic N) is 5. The number of ether oxygens (including phenoxy) is 2. The van der Waals surface area contributed by atoms with Crippen molar-refractivity contribution in [2.45, 2.75) is 76.7 Å². The monoisotopic (exact) mass is 654 g/mol. The molecule has 1 aliphatic carbocycles. The number of nitrogen functional groups attached to an aromatic ring is 1. The summed E-state index contributed by atoms with van der Waals surface area (Å²) < 4.78 is 12.5. The van der Waals surface area contributed by atoms with Gasteiger partial charge in [-0.2, -0.15) is 10.2 Å². The number of likely N-dealkylation sites (N-methyl/N-ethyl adjacent to an activating group) is 1. The first kappa shape index (κ1) is 35.1. The number of aliphatic hydroxyl groups excluding tert-OH is 1. The van der Waals surface area contributed by atoms with Crippen LogP contribution in [0.3, 0.4) is 0 Å². The zero-order valence-corrected chi connectivity index (χ0v) is 28.0. The smallest absolute Gasteiger partial charge is 0.327 e. The Hall–Kier alpha value is -3.77. The summed E-state index contributed by atoms with van der Waals surface area (Å²) in [6, 6.07) is 2.46. The number of hydrogen-bond donors (Lipinski definition) is 4. The van der Waals surface area contributed by atoms with Gasteiger partial charge < -0.3 is 30.9 Å². The maximum absolute atomic E-state index is 14.0. The highest BCUT2D eigenvalue weighted by molar-refractivity contribution is 7.16. The van der Waals surface area contributed by atoms with Crippen molar-refractivity contribution in [3.8, 4) is 11.9 Å². The summed E-state index contributed by atoms with van der Waals surface area (Å²) in [4.78, 5) is 41.4. The van der Waals surface area contributed by atoms with Gasteiger partial charge in [-0.3, -0.25) is 14.3 Å². The van der Waals surface area contributed by atoms with E-state index in [2.05, 4.69) is 33.0 Å². The Balaban J connectivity index is 0.000000616. The second kappa shape index (κ2) is 16.2. The summed E-state index contributed by atoms with van der Waals surface area (Å²) in [7, 11) is 4.67. The van der Waals surface area contributed by atoms with Gasteiger partial charge in [0.25, 0.3) is 0 Å². The van der Waals surface area contributed by atoms with Crippen LogP contribution in [0, 0.1) is 11.3 Å². The number of allylic oxidation sites excluding steroid dienone is 2. The number of nitrogens with one attached hydrogen (secondary N) is 1. The Bertz CT molecular complexity index is 1640. The molecule has 2 fully saturated rings. The Morgan fingerprint density at radius 3 is 2.54 bits per heavy atom. The van der Waals surface area contributed by atoms with Gasteiger partial charge in [-0.1, -0.05) is 13.3 Å². The second-order valence-electron chi connectivity index (χ2n) is 11.7. The lowest BCUT2D eigenvalue weighted by Gasteiger charge is -2.25. The van der Waals surface area contributed by atoms with Crippen molar-refractivity contribution in [2.75, 3.05) is 46.3 Å². The van der Waals surface area contributed by atoms with Crippen molar-refractivity contribution in [3.63, 3.8) is 0 Å². The Kier molecular flexibility index (Phi) is 12.3. The highest BCUT2D eigenvalue weighted by Gasteiger charge is 2.33. The summed E-state index contributed by atoms with van der Waals surface area (Å²) in [6.45, 7) is 5.36. The third-order valence-electron chi connectivity index (χ3n) is 8.74. The number of nitrogens with two attached hydrogens (primary N) is 2. The fourth-order valence-corrected chi connectivity index (χ4v) is 7.40. The van der Waals surface area contributed by atoms with E-state index in [1.165, 1.54) is 28.7 Å². The van der Waals surface area contributed by atoms with Crippen molar-refractivity contribution in [1.29, 1.82) is 5.26 Å². The van der Waals surface area contributed by atoms with Crippen molar-refractivity contribution in [1.82, 2.24) is 24.4 Å². The van der Waals surface area contributed by atoms with Gasteiger partial charge in [0.2, 0.25) is 17.5 Å². The van der Waals surface area contributed by atoms with Gasteiger partial charge in [-0.05, 0) is 70.5 Å². The lowest BCUT2D eigenvalue weighted by Crippen LogP contribution is -2.31. The molecule has 5 heterocycles. The van der Waals surface area contributed by atoms with Crippen LogP contribution in [0.5, 0.6) is 5.88 Å². The second-order valence-corrected chi connectivity index (χ2v) is 12.8. The molecule has 2 atom stereocenters. The number of thiophene rings is 1. The van der Waals surface area contributed by atoms with E-state index < -0.39 is 5.78 Å². The number of rotatable bonds is 8. The van der Waals surface area contributed by atoms with Crippen LogP contribution in [0.1, 0.15) is 90.8 Å². The molecule has 3 aliphatic rings. The fourth-order valence-electron chi connectivity index (χ4n) is 6.27. The summed E-state index contributed by atoms with van der Waals surface area (Å²) in [5.74, 6) is -0.572. The van der Waals surface area contributed by atoms with E-state index in [9.17, 15) is 14.9 Å². The summed E-state index contributed by atoms with van der Waals surface area (Å²) >= 11 is 1.43. The van der Waals surface area contributed by atoms with Gasteiger partial charge in [0, 0.05) is 55.5 Å². The number of likely N-dealkylation sites (tertiary alicyclic amines) is 1. The zero-order valence-electron chi connectivity index (χ0n) is 27.2. The molecule has 0 aromatic carbocycles.